The monoisotopic (exact) mass is 952 g/mol. The summed E-state index contributed by atoms with van der Waals surface area (Å²) in [4.78, 5) is 93.2. The average molecular weight is 953 g/mol. The van der Waals surface area contributed by atoms with Crippen molar-refractivity contribution in [3.05, 3.63) is 73.0 Å². The van der Waals surface area contributed by atoms with Crippen molar-refractivity contribution in [2.45, 2.75) is 31.1 Å². The molecule has 1 aliphatic rings. The summed E-state index contributed by atoms with van der Waals surface area (Å²) < 4.78 is 75.1. The number of carbonyl (C=O) groups is 3. The number of hydrogen-bond donors (Lipinski definition) is 8. The fourth-order valence-corrected chi connectivity index (χ4v) is 7.85. The molecule has 2 heterocycles. The van der Waals surface area contributed by atoms with Gasteiger partial charge in [-0.05, 0) is 29.3 Å². The lowest BCUT2D eigenvalue weighted by Crippen LogP contribution is -2.31. The fourth-order valence-electron chi connectivity index (χ4n) is 4.82. The van der Waals surface area contributed by atoms with Crippen LogP contribution in [-0.4, -0.2) is 125 Å². The van der Waals surface area contributed by atoms with Crippen LogP contribution < -0.4 is 32.1 Å². The van der Waals surface area contributed by atoms with Crippen molar-refractivity contribution >= 4 is 47.5 Å². The Morgan fingerprint density at radius 1 is 1.11 bits per heavy atom. The van der Waals surface area contributed by atoms with Gasteiger partial charge in [0.15, 0.2) is 6.23 Å². The molecule has 1 aromatic carbocycles. The Kier molecular flexibility index (Phi) is 21.1. The molecule has 63 heavy (non-hydrogen) atoms. The van der Waals surface area contributed by atoms with E-state index in [-0.39, 0.29) is 68.6 Å². The number of carbonyl (C=O) groups excluding carboxylic acids is 3. The molecule has 31 nitrogen and oxygen atoms in total. The van der Waals surface area contributed by atoms with Crippen LogP contribution in [0.3, 0.4) is 0 Å². The number of nitrogen functional groups attached to an aromatic ring is 1. The maximum absolute atomic E-state index is 12.8. The van der Waals surface area contributed by atoms with E-state index in [4.69, 9.17) is 50.3 Å². The molecule has 0 spiro atoms. The van der Waals surface area contributed by atoms with Crippen LogP contribution in [-0.2, 0) is 55.4 Å². The Balaban J connectivity index is 1.49. The second-order valence-electron chi connectivity index (χ2n) is 11.9. The van der Waals surface area contributed by atoms with Crippen molar-refractivity contribution in [3.8, 4) is 17.6 Å². The normalized spacial score (nSPS) is 18.1. The van der Waals surface area contributed by atoms with Crippen LogP contribution in [0.15, 0.2) is 45.5 Å². The number of nitrogens with zero attached hydrogens (tertiary/aromatic N) is 8. The van der Waals surface area contributed by atoms with Crippen LogP contribution in [0.5, 0.6) is 5.75 Å². The smallest absolute Gasteiger partial charge is 0.490 e. The lowest BCUT2D eigenvalue weighted by Gasteiger charge is -2.21. The molecule has 1 aliphatic heterocycles. The van der Waals surface area contributed by atoms with Crippen LogP contribution >= 0.6 is 23.5 Å². The lowest BCUT2D eigenvalue weighted by molar-refractivity contribution is -0.126. The number of azide groups is 2. The van der Waals surface area contributed by atoms with E-state index < -0.39 is 85.6 Å². The zero-order chi connectivity index (χ0) is 46.5. The van der Waals surface area contributed by atoms with E-state index in [0.29, 0.717) is 6.41 Å². The van der Waals surface area contributed by atoms with Gasteiger partial charge in [0.1, 0.15) is 43.8 Å². The van der Waals surface area contributed by atoms with E-state index in [1.54, 1.807) is 18.2 Å². The summed E-state index contributed by atoms with van der Waals surface area (Å²) in [5.74, 6) is 4.22. The SMILES string of the molecule is [N-]=[N+]=NCO[C@@H]1C[C@H](n2cc(C#CCNC(=O)COCCOC(COc3cccc(C(=O)NCCNC=O)c3)N=[N+]=[N-])c(N)nc2=O)O[C@@H]1COP(=O)(O)OP(=O)(O)OP(=O)(O)O. The van der Waals surface area contributed by atoms with E-state index in [1.165, 1.54) is 6.07 Å². The number of anilines is 1. The molecule has 1 aromatic heterocycles. The third-order valence-electron chi connectivity index (χ3n) is 7.37. The number of nitrogens with one attached hydrogen (secondary N) is 3. The second-order valence-corrected chi connectivity index (χ2v) is 16.3. The molecule has 3 unspecified atom stereocenters. The molecule has 0 saturated carbocycles. The molecule has 1 fully saturated rings. The van der Waals surface area contributed by atoms with Crippen LogP contribution in [0.2, 0.25) is 0 Å². The molecule has 9 N–H and O–H groups in total. The molecule has 3 amide bonds. The number of amides is 3. The molecule has 344 valence electrons. The highest BCUT2D eigenvalue weighted by Crippen LogP contribution is 2.66. The van der Waals surface area contributed by atoms with Gasteiger partial charge in [0.25, 0.3) is 5.91 Å². The number of aromatic nitrogens is 2. The summed E-state index contributed by atoms with van der Waals surface area (Å²) in [6, 6.07) is 6.15. The van der Waals surface area contributed by atoms with E-state index >= 15 is 0 Å². The Morgan fingerprint density at radius 2 is 1.89 bits per heavy atom. The third kappa shape index (κ3) is 19.6. The average Bonchev–Trinajstić information content (AvgIpc) is 3.61. The van der Waals surface area contributed by atoms with E-state index in [9.17, 15) is 42.7 Å². The van der Waals surface area contributed by atoms with Gasteiger partial charge < -0.3 is 64.9 Å². The number of benzene rings is 1. The Morgan fingerprint density at radius 3 is 2.60 bits per heavy atom. The number of phosphoric ester groups is 1. The van der Waals surface area contributed by atoms with Gasteiger partial charge in [-0.25, -0.2) is 18.5 Å². The van der Waals surface area contributed by atoms with Gasteiger partial charge in [-0.2, -0.15) is 13.6 Å². The maximum atomic E-state index is 12.8. The van der Waals surface area contributed by atoms with Crippen molar-refractivity contribution in [2.75, 3.05) is 65.1 Å². The number of nitrogens with two attached hydrogens (primary N) is 1. The van der Waals surface area contributed by atoms with Gasteiger partial charge in [-0.15, -0.1) is 0 Å². The van der Waals surface area contributed by atoms with Crippen molar-refractivity contribution in [3.63, 3.8) is 0 Å². The molecule has 34 heteroatoms. The van der Waals surface area contributed by atoms with Crippen molar-refractivity contribution in [2.24, 2.45) is 10.2 Å². The van der Waals surface area contributed by atoms with Crippen molar-refractivity contribution in [1.29, 1.82) is 0 Å². The standard InChI is InChI=1S/C29H39N12O19P3/c30-27-20(13-41(29(45)37-27)26-12-22(56-18-36-39-31)23(58-26)14-57-62(49,50)60-63(51,52)59-61(46,47)48)4-2-6-34-24(43)15-53-9-10-54-25(38-40-32)16-55-21-5-1-3-19(11-21)28(44)35-8-7-33-17-42/h1,3,5,11,13,17,22-23,25-26H,6-10,12,14-16,18H2,(H,33,42)(H,34,43)(H,35,44)(H,49,50)(H,51,52)(H2,30,37,45)(H2,46,47,48)/t22-,23-,25?,26-/m1/s1. The Labute approximate surface area is 354 Å². The third-order valence-corrected chi connectivity index (χ3v) is 11.2. The van der Waals surface area contributed by atoms with Gasteiger partial charge >= 0.3 is 29.2 Å². The van der Waals surface area contributed by atoms with Crippen molar-refractivity contribution < 1.29 is 84.5 Å². The first-order valence-electron chi connectivity index (χ1n) is 17.5. The number of phosphoric acid groups is 3. The number of hydrogen-bond acceptors (Lipinski definition) is 19. The number of rotatable bonds is 27. The van der Waals surface area contributed by atoms with Crippen molar-refractivity contribution in [1.82, 2.24) is 25.5 Å². The highest BCUT2D eigenvalue weighted by atomic mass is 31.3. The van der Waals surface area contributed by atoms with Crippen LogP contribution in [0, 0.1) is 11.8 Å². The summed E-state index contributed by atoms with van der Waals surface area (Å²) in [6.45, 7) is -2.18. The van der Waals surface area contributed by atoms with E-state index in [0.717, 1.165) is 10.8 Å². The molecule has 1 saturated heterocycles. The van der Waals surface area contributed by atoms with Gasteiger partial charge in [0.05, 0.1) is 38.0 Å². The Bertz CT molecular complexity index is 2280. The first-order chi connectivity index (χ1) is 29.8. The minimum absolute atomic E-state index is 0.0129. The molecular weight excluding hydrogens is 913 g/mol. The zero-order valence-electron chi connectivity index (χ0n) is 32.3. The predicted molar refractivity (Wildman–Crippen MR) is 208 cm³/mol. The summed E-state index contributed by atoms with van der Waals surface area (Å²) in [5, 5.41) is 14.2. The molecule has 3 rings (SSSR count). The summed E-state index contributed by atoms with van der Waals surface area (Å²) >= 11 is 0. The van der Waals surface area contributed by atoms with Crippen LogP contribution in [0.1, 0.15) is 28.6 Å². The molecule has 0 aliphatic carbocycles. The van der Waals surface area contributed by atoms with Gasteiger partial charge in [0, 0.05) is 41.1 Å². The van der Waals surface area contributed by atoms with Gasteiger partial charge in [-0.1, -0.05) is 28.1 Å². The number of ether oxygens (including phenoxy) is 5. The molecule has 6 atom stereocenters. The van der Waals surface area contributed by atoms with Crippen LogP contribution in [0.4, 0.5) is 5.82 Å². The van der Waals surface area contributed by atoms with Crippen LogP contribution in [0.25, 0.3) is 20.9 Å². The highest BCUT2D eigenvalue weighted by Gasteiger charge is 2.43. The maximum Gasteiger partial charge on any atom is 0.490 e. The summed E-state index contributed by atoms with van der Waals surface area (Å²) in [6.07, 6.45) is -3.43. The quantitative estimate of drug-likeness (QED) is 0.0109. The molecule has 0 bridgehead atoms. The first-order valence-corrected chi connectivity index (χ1v) is 22.0. The molecule has 0 radical (unpaired) electrons. The largest absolute Gasteiger partial charge is 0.491 e. The minimum Gasteiger partial charge on any atom is -0.491 e. The zero-order valence-corrected chi connectivity index (χ0v) is 34.9. The summed E-state index contributed by atoms with van der Waals surface area (Å²) in [5.41, 5.74) is 22.7. The van der Waals surface area contributed by atoms with E-state index in [1.807, 2.05) is 0 Å². The van der Waals surface area contributed by atoms with Gasteiger partial charge in [0.2, 0.25) is 12.3 Å². The Hall–Kier alpha value is -5.46. The first kappa shape index (κ1) is 51.9. The molecule has 2 aromatic rings. The highest BCUT2D eigenvalue weighted by molar-refractivity contribution is 7.66. The van der Waals surface area contributed by atoms with E-state index in [2.05, 4.69) is 66.0 Å². The summed E-state index contributed by atoms with van der Waals surface area (Å²) in [7, 11) is -17.1. The fraction of sp³-hybridized carbons (Fsp3) is 0.483. The molecular formula is C29H39N12O19P3. The lowest BCUT2D eigenvalue weighted by atomic mass is 10.2. The minimum atomic E-state index is -5.83. The topological polar surface area (TPSA) is 452 Å². The second kappa shape index (κ2) is 25.6. The predicted octanol–water partition coefficient (Wildman–Crippen LogP) is -0.199. The van der Waals surface area contributed by atoms with Gasteiger partial charge in [-0.3, -0.25) is 23.5 Å².